The minimum atomic E-state index is 0.433. The number of unbranched alkanes of at least 4 members (excludes halogenated alkanes) is 1. The molecule has 1 fully saturated rings. The number of piperidine rings is 1. The summed E-state index contributed by atoms with van der Waals surface area (Å²) in [7, 11) is 0. The topological polar surface area (TPSA) is 29.3 Å². The minimum Gasteiger partial charge on any atom is -0.327 e. The molecule has 1 heterocycles. The molecule has 2 atom stereocenters. The summed E-state index contributed by atoms with van der Waals surface area (Å²) in [6, 6.07) is 0.433. The smallest absolute Gasteiger partial charge is 0.0168 e. The number of hydrogen-bond donors (Lipinski definition) is 1. The van der Waals surface area contributed by atoms with Crippen molar-refractivity contribution in [1.82, 2.24) is 4.90 Å². The zero-order valence-electron chi connectivity index (χ0n) is 10.5. The molecule has 1 aliphatic heterocycles. The molecule has 15 heavy (non-hydrogen) atoms. The Labute approximate surface area is 95.2 Å². The highest BCUT2D eigenvalue weighted by molar-refractivity contribution is 4.76. The molecule has 0 spiro atoms. The molecule has 0 saturated carbocycles. The Morgan fingerprint density at radius 3 is 2.80 bits per heavy atom. The van der Waals surface area contributed by atoms with Crippen molar-refractivity contribution >= 4 is 0 Å². The van der Waals surface area contributed by atoms with Crippen molar-refractivity contribution in [3.8, 4) is 0 Å². The fourth-order valence-electron chi connectivity index (χ4n) is 2.54. The van der Waals surface area contributed by atoms with Crippen LogP contribution in [0.4, 0.5) is 0 Å². The Balaban J connectivity index is 2.24. The van der Waals surface area contributed by atoms with Crippen LogP contribution in [-0.2, 0) is 0 Å². The maximum absolute atomic E-state index is 6.00. The second-order valence-corrected chi connectivity index (χ2v) is 5.08. The molecule has 0 amide bonds. The fourth-order valence-corrected chi connectivity index (χ4v) is 2.54. The lowest BCUT2D eigenvalue weighted by molar-refractivity contribution is 0.172. The maximum Gasteiger partial charge on any atom is 0.0168 e. The maximum atomic E-state index is 6.00. The first-order chi connectivity index (χ1) is 7.26. The van der Waals surface area contributed by atoms with Crippen LogP contribution in [0.25, 0.3) is 0 Å². The molecule has 2 nitrogen and oxygen atoms in total. The van der Waals surface area contributed by atoms with Gasteiger partial charge >= 0.3 is 0 Å². The highest BCUT2D eigenvalue weighted by atomic mass is 15.1. The summed E-state index contributed by atoms with van der Waals surface area (Å²) in [6.07, 6.45) is 7.96. The van der Waals surface area contributed by atoms with E-state index in [1.807, 2.05) is 0 Å². The average molecular weight is 212 g/mol. The monoisotopic (exact) mass is 212 g/mol. The predicted octanol–water partition coefficient (Wildman–Crippen LogP) is 2.63. The quantitative estimate of drug-likeness (QED) is 0.733. The van der Waals surface area contributed by atoms with Gasteiger partial charge in [0.1, 0.15) is 0 Å². The van der Waals surface area contributed by atoms with Crippen LogP contribution in [-0.4, -0.2) is 30.6 Å². The van der Waals surface area contributed by atoms with Gasteiger partial charge in [-0.2, -0.15) is 0 Å². The molecule has 1 rings (SSSR count). The fraction of sp³-hybridized carbons (Fsp3) is 1.00. The summed E-state index contributed by atoms with van der Waals surface area (Å²) >= 11 is 0. The van der Waals surface area contributed by atoms with Gasteiger partial charge in [0.2, 0.25) is 0 Å². The number of hydrogen-bond acceptors (Lipinski definition) is 2. The Hall–Kier alpha value is -0.0800. The second-order valence-electron chi connectivity index (χ2n) is 5.08. The molecule has 1 aliphatic rings. The SMILES string of the molecule is CCCCC(CC)CN1CCC[C@@H](N)C1. The average Bonchev–Trinajstić information content (AvgIpc) is 2.24. The van der Waals surface area contributed by atoms with Crippen molar-refractivity contribution in [3.63, 3.8) is 0 Å². The third kappa shape index (κ3) is 4.98. The van der Waals surface area contributed by atoms with Crippen LogP contribution in [0.3, 0.4) is 0 Å². The first-order valence-electron chi connectivity index (χ1n) is 6.74. The van der Waals surface area contributed by atoms with E-state index in [4.69, 9.17) is 5.73 Å². The summed E-state index contributed by atoms with van der Waals surface area (Å²) in [5.74, 6) is 0.898. The predicted molar refractivity (Wildman–Crippen MR) is 67.0 cm³/mol. The normalized spacial score (nSPS) is 25.4. The molecular formula is C13H28N2. The van der Waals surface area contributed by atoms with E-state index in [1.54, 1.807) is 0 Å². The van der Waals surface area contributed by atoms with Crippen molar-refractivity contribution in [1.29, 1.82) is 0 Å². The summed E-state index contributed by atoms with van der Waals surface area (Å²) in [5.41, 5.74) is 6.00. The number of nitrogens with two attached hydrogens (primary N) is 1. The Morgan fingerprint density at radius 2 is 2.20 bits per heavy atom. The van der Waals surface area contributed by atoms with Gasteiger partial charge in [-0.3, -0.25) is 0 Å². The molecule has 0 aromatic rings. The van der Waals surface area contributed by atoms with E-state index in [2.05, 4.69) is 18.7 Å². The van der Waals surface area contributed by atoms with Crippen LogP contribution in [0.15, 0.2) is 0 Å². The van der Waals surface area contributed by atoms with Gasteiger partial charge in [-0.25, -0.2) is 0 Å². The summed E-state index contributed by atoms with van der Waals surface area (Å²) in [6.45, 7) is 8.29. The lowest BCUT2D eigenvalue weighted by Crippen LogP contribution is -2.44. The van der Waals surface area contributed by atoms with E-state index < -0.39 is 0 Å². The standard InChI is InChI=1S/C13H28N2/c1-3-5-7-12(4-2)10-15-9-6-8-13(14)11-15/h12-13H,3-11,14H2,1-2H3/t12?,13-/m1/s1. The third-order valence-corrected chi connectivity index (χ3v) is 3.60. The van der Waals surface area contributed by atoms with Crippen LogP contribution >= 0.6 is 0 Å². The minimum absolute atomic E-state index is 0.433. The summed E-state index contributed by atoms with van der Waals surface area (Å²) in [5, 5.41) is 0. The highest BCUT2D eigenvalue weighted by Gasteiger charge is 2.18. The Bertz CT molecular complexity index is 159. The zero-order chi connectivity index (χ0) is 11.1. The number of likely N-dealkylation sites (tertiary alicyclic amines) is 1. The molecule has 2 N–H and O–H groups in total. The van der Waals surface area contributed by atoms with Gasteiger partial charge in [0, 0.05) is 19.1 Å². The van der Waals surface area contributed by atoms with E-state index in [0.29, 0.717) is 6.04 Å². The van der Waals surface area contributed by atoms with E-state index in [-0.39, 0.29) is 0 Å². The van der Waals surface area contributed by atoms with Crippen LogP contribution in [0, 0.1) is 5.92 Å². The van der Waals surface area contributed by atoms with Gasteiger partial charge in [0.25, 0.3) is 0 Å². The molecule has 0 aromatic carbocycles. The largest absolute Gasteiger partial charge is 0.327 e. The molecule has 1 saturated heterocycles. The molecule has 2 heteroatoms. The number of rotatable bonds is 6. The van der Waals surface area contributed by atoms with Crippen LogP contribution in [0.5, 0.6) is 0 Å². The zero-order valence-corrected chi connectivity index (χ0v) is 10.5. The third-order valence-electron chi connectivity index (χ3n) is 3.60. The van der Waals surface area contributed by atoms with E-state index in [9.17, 15) is 0 Å². The molecule has 90 valence electrons. The van der Waals surface area contributed by atoms with Crippen LogP contribution in [0.2, 0.25) is 0 Å². The van der Waals surface area contributed by atoms with Crippen molar-refractivity contribution in [2.75, 3.05) is 19.6 Å². The van der Waals surface area contributed by atoms with Crippen molar-refractivity contribution < 1.29 is 0 Å². The Morgan fingerprint density at radius 1 is 1.40 bits per heavy atom. The molecule has 0 aliphatic carbocycles. The van der Waals surface area contributed by atoms with Gasteiger partial charge < -0.3 is 10.6 Å². The molecule has 0 aromatic heterocycles. The lowest BCUT2D eigenvalue weighted by atomic mass is 9.97. The van der Waals surface area contributed by atoms with Gasteiger partial charge in [-0.1, -0.05) is 33.1 Å². The van der Waals surface area contributed by atoms with E-state index in [0.717, 1.165) is 12.5 Å². The van der Waals surface area contributed by atoms with Crippen LogP contribution < -0.4 is 5.73 Å². The summed E-state index contributed by atoms with van der Waals surface area (Å²) in [4.78, 5) is 2.58. The molecule has 1 unspecified atom stereocenters. The number of nitrogens with zero attached hydrogens (tertiary/aromatic N) is 1. The van der Waals surface area contributed by atoms with Crippen molar-refractivity contribution in [2.24, 2.45) is 11.7 Å². The van der Waals surface area contributed by atoms with E-state index >= 15 is 0 Å². The van der Waals surface area contributed by atoms with E-state index in [1.165, 1.54) is 51.6 Å². The van der Waals surface area contributed by atoms with Gasteiger partial charge in [-0.15, -0.1) is 0 Å². The summed E-state index contributed by atoms with van der Waals surface area (Å²) < 4.78 is 0. The lowest BCUT2D eigenvalue weighted by Gasteiger charge is -2.33. The molecule has 0 bridgehead atoms. The first-order valence-corrected chi connectivity index (χ1v) is 6.74. The first kappa shape index (κ1) is 13.0. The second kappa shape index (κ2) is 7.24. The highest BCUT2D eigenvalue weighted by Crippen LogP contribution is 2.17. The molecular weight excluding hydrogens is 184 g/mol. The van der Waals surface area contributed by atoms with Crippen LogP contribution in [0.1, 0.15) is 52.4 Å². The molecule has 0 radical (unpaired) electrons. The van der Waals surface area contributed by atoms with Gasteiger partial charge in [0.15, 0.2) is 0 Å². The van der Waals surface area contributed by atoms with Crippen molar-refractivity contribution in [2.45, 2.75) is 58.4 Å². The van der Waals surface area contributed by atoms with Crippen molar-refractivity contribution in [3.05, 3.63) is 0 Å². The van der Waals surface area contributed by atoms with Gasteiger partial charge in [0.05, 0.1) is 0 Å². The van der Waals surface area contributed by atoms with Gasteiger partial charge in [-0.05, 0) is 31.7 Å². The Kier molecular flexibility index (Phi) is 6.26.